The molecule has 0 heterocycles. The predicted molar refractivity (Wildman–Crippen MR) is 124 cm³/mol. The Morgan fingerprint density at radius 3 is 1.84 bits per heavy atom. The zero-order valence-electron chi connectivity index (χ0n) is 18.4. The smallest absolute Gasteiger partial charge is 0.416 e. The Balaban J connectivity index is 0.00000233. The second-order valence-corrected chi connectivity index (χ2v) is 9.00. The second kappa shape index (κ2) is 10.7. The maximum atomic E-state index is 13.4. The third-order valence-corrected chi connectivity index (χ3v) is 5.07. The van der Waals surface area contributed by atoms with Crippen molar-refractivity contribution in [3.05, 3.63) is 65.2 Å². The van der Waals surface area contributed by atoms with Gasteiger partial charge in [-0.2, -0.15) is 38.4 Å². The molecule has 0 aliphatic carbocycles. The molecule has 3 nitrogen and oxygen atoms in total. The molecule has 0 unspecified atom stereocenters. The van der Waals surface area contributed by atoms with Gasteiger partial charge in [-0.1, -0.05) is 44.2 Å². The summed E-state index contributed by atoms with van der Waals surface area (Å²) < 4.78 is 49.5. The van der Waals surface area contributed by atoms with Gasteiger partial charge in [-0.3, -0.25) is 0 Å². The van der Waals surface area contributed by atoms with Crippen molar-refractivity contribution in [1.29, 1.82) is 0 Å². The van der Waals surface area contributed by atoms with Crippen LogP contribution in [0.5, 0.6) is 5.75 Å². The molecule has 0 atom stereocenters. The molecule has 0 bridgehead atoms. The lowest BCUT2D eigenvalue weighted by Gasteiger charge is -2.28. The lowest BCUT2D eigenvalue weighted by molar-refractivity contribution is -0.163. The first kappa shape index (κ1) is 27.2. The van der Waals surface area contributed by atoms with Gasteiger partial charge in [0.2, 0.25) is 0 Å². The third-order valence-electron chi connectivity index (χ3n) is 4.07. The van der Waals surface area contributed by atoms with E-state index in [9.17, 15) is 18.0 Å². The van der Waals surface area contributed by atoms with Crippen LogP contribution in [0.4, 0.5) is 13.2 Å². The number of alkyl halides is 3. The molecule has 8 heteroatoms. The highest BCUT2D eigenvalue weighted by Gasteiger charge is 2.39. The molecule has 0 aliphatic heterocycles. The van der Waals surface area contributed by atoms with Gasteiger partial charge in [0, 0.05) is 0 Å². The molecule has 0 N–H and O–H groups in total. The first-order valence-corrected chi connectivity index (χ1v) is 10.8. The van der Waals surface area contributed by atoms with Crippen LogP contribution in [-0.4, -0.2) is 17.7 Å². The molecule has 0 aliphatic rings. The van der Waals surface area contributed by atoms with E-state index in [-0.39, 0.29) is 11.7 Å². The second-order valence-electron chi connectivity index (χ2n) is 7.31. The van der Waals surface area contributed by atoms with Crippen LogP contribution in [-0.2, 0) is 19.8 Å². The van der Waals surface area contributed by atoms with Crippen LogP contribution in [0.1, 0.15) is 58.2 Å². The van der Waals surface area contributed by atoms with Crippen molar-refractivity contribution < 1.29 is 27.4 Å². The molecule has 31 heavy (non-hydrogen) atoms. The maximum Gasteiger partial charge on any atom is 0.416 e. The van der Waals surface area contributed by atoms with Crippen LogP contribution in [0.15, 0.2) is 48.5 Å². The number of hydrogen-bond donors (Lipinski definition) is 2. The summed E-state index contributed by atoms with van der Waals surface area (Å²) in [6, 6.07) is 11.4. The summed E-state index contributed by atoms with van der Waals surface area (Å²) >= 11 is 8.81. The van der Waals surface area contributed by atoms with Gasteiger partial charge in [-0.05, 0) is 57.0 Å². The Kier molecular flexibility index (Phi) is 9.38. The standard InChI is InChI=1S/C21H23F3O3S2.C2H6/c1-13(2)26-18(25)19(3,4)27-15-11-9-14(10-12-15)20(28,29)16-7-5-6-8-17(16)21(22,23)24;1-2/h5-13,28-29H,1-4H3;1-2H3. The van der Waals surface area contributed by atoms with Crippen LogP contribution >= 0.6 is 25.3 Å². The fourth-order valence-electron chi connectivity index (χ4n) is 2.64. The van der Waals surface area contributed by atoms with E-state index >= 15 is 0 Å². The molecule has 0 fully saturated rings. The number of ether oxygens (including phenoxy) is 2. The van der Waals surface area contributed by atoms with Gasteiger partial charge in [0.1, 0.15) is 9.83 Å². The van der Waals surface area contributed by atoms with E-state index in [4.69, 9.17) is 9.47 Å². The van der Waals surface area contributed by atoms with Gasteiger partial charge < -0.3 is 9.47 Å². The first-order chi connectivity index (χ1) is 14.2. The molecule has 0 spiro atoms. The molecule has 2 aromatic carbocycles. The Labute approximate surface area is 193 Å². The van der Waals surface area contributed by atoms with Crippen molar-refractivity contribution in [2.24, 2.45) is 0 Å². The molecule has 172 valence electrons. The van der Waals surface area contributed by atoms with Crippen LogP contribution in [0.2, 0.25) is 0 Å². The Morgan fingerprint density at radius 1 is 0.903 bits per heavy atom. The van der Waals surface area contributed by atoms with Crippen molar-refractivity contribution >= 4 is 31.2 Å². The molecular formula is C23H29F3O3S2. The number of carbonyl (C=O) groups is 1. The summed E-state index contributed by atoms with van der Waals surface area (Å²) in [7, 11) is 0. The molecule has 0 saturated heterocycles. The van der Waals surface area contributed by atoms with E-state index in [0.717, 1.165) is 6.07 Å². The summed E-state index contributed by atoms with van der Waals surface area (Å²) in [5, 5.41) is 0. The maximum absolute atomic E-state index is 13.4. The van der Waals surface area contributed by atoms with Gasteiger partial charge in [0.25, 0.3) is 0 Å². The monoisotopic (exact) mass is 474 g/mol. The number of carbonyl (C=O) groups excluding carboxylic acids is 1. The molecule has 2 rings (SSSR count). The molecule has 0 saturated carbocycles. The van der Waals surface area contributed by atoms with Gasteiger partial charge in [-0.15, -0.1) is 0 Å². The van der Waals surface area contributed by atoms with Gasteiger partial charge >= 0.3 is 12.1 Å². The van der Waals surface area contributed by atoms with Crippen LogP contribution < -0.4 is 4.74 Å². The van der Waals surface area contributed by atoms with Crippen molar-refractivity contribution in [3.8, 4) is 5.75 Å². The van der Waals surface area contributed by atoms with Gasteiger partial charge in [0.05, 0.1) is 11.7 Å². The van der Waals surface area contributed by atoms with Gasteiger partial charge in [-0.25, -0.2) is 4.79 Å². The summed E-state index contributed by atoms with van der Waals surface area (Å²) in [5.41, 5.74) is -1.68. The number of hydrogen-bond acceptors (Lipinski definition) is 5. The summed E-state index contributed by atoms with van der Waals surface area (Å²) in [4.78, 5) is 12.1. The Morgan fingerprint density at radius 2 is 1.39 bits per heavy atom. The minimum Gasteiger partial charge on any atom is -0.476 e. The summed E-state index contributed by atoms with van der Waals surface area (Å²) in [6.07, 6.45) is -4.81. The van der Waals surface area contributed by atoms with E-state index in [1.165, 1.54) is 18.2 Å². The fraction of sp³-hybridized carbons (Fsp3) is 0.435. The van der Waals surface area contributed by atoms with Crippen molar-refractivity contribution in [2.75, 3.05) is 0 Å². The lowest BCUT2D eigenvalue weighted by atomic mass is 9.98. The third kappa shape index (κ3) is 7.10. The van der Waals surface area contributed by atoms with Crippen molar-refractivity contribution in [2.45, 2.75) is 63.5 Å². The van der Waals surface area contributed by atoms with E-state index in [1.54, 1.807) is 52.0 Å². The fourth-order valence-corrected chi connectivity index (χ4v) is 3.33. The van der Waals surface area contributed by atoms with Crippen molar-refractivity contribution in [3.63, 3.8) is 0 Å². The average molecular weight is 475 g/mol. The number of halogens is 3. The molecule has 0 radical (unpaired) electrons. The summed E-state index contributed by atoms with van der Waals surface area (Å²) in [6.45, 7) is 10.6. The molecule has 0 aromatic heterocycles. The summed E-state index contributed by atoms with van der Waals surface area (Å²) in [5.74, 6) is -0.158. The quantitative estimate of drug-likeness (QED) is 0.272. The normalized spacial score (nSPS) is 12.1. The van der Waals surface area contributed by atoms with Crippen LogP contribution in [0, 0.1) is 0 Å². The minimum atomic E-state index is -4.53. The zero-order chi connectivity index (χ0) is 24.0. The van der Waals surface area contributed by atoms with E-state index in [2.05, 4.69) is 25.3 Å². The lowest BCUT2D eigenvalue weighted by Crippen LogP contribution is -2.40. The number of benzene rings is 2. The largest absolute Gasteiger partial charge is 0.476 e. The predicted octanol–water partition coefficient (Wildman–Crippen LogP) is 6.90. The zero-order valence-corrected chi connectivity index (χ0v) is 20.2. The topological polar surface area (TPSA) is 35.5 Å². The van der Waals surface area contributed by atoms with E-state index in [1.807, 2.05) is 13.8 Å². The number of thiol groups is 2. The molecule has 2 aromatic rings. The highest BCUT2D eigenvalue weighted by Crippen LogP contribution is 2.46. The van der Waals surface area contributed by atoms with Crippen molar-refractivity contribution in [1.82, 2.24) is 0 Å². The van der Waals surface area contributed by atoms with Gasteiger partial charge in [0.15, 0.2) is 5.60 Å². The minimum absolute atomic E-state index is 0.0753. The highest BCUT2D eigenvalue weighted by molar-refractivity contribution is 8.00. The molecular weight excluding hydrogens is 445 g/mol. The Bertz CT molecular complexity index is 861. The SMILES string of the molecule is CC.CC(C)OC(=O)C(C)(C)Oc1ccc(C(S)(S)c2ccccc2C(F)(F)F)cc1. The van der Waals surface area contributed by atoms with Crippen LogP contribution in [0.25, 0.3) is 0 Å². The van der Waals surface area contributed by atoms with E-state index in [0.29, 0.717) is 11.3 Å². The van der Waals surface area contributed by atoms with Crippen LogP contribution in [0.3, 0.4) is 0 Å². The first-order valence-electron chi connectivity index (χ1n) is 9.87. The van der Waals surface area contributed by atoms with E-state index < -0.39 is 27.4 Å². The average Bonchev–Trinajstić information content (AvgIpc) is 2.68. The highest BCUT2D eigenvalue weighted by atomic mass is 32.2. The number of esters is 1. The Hall–Kier alpha value is -1.80. The number of rotatable bonds is 6. The molecule has 0 amide bonds.